The second-order valence-electron chi connectivity index (χ2n) is 5.57. The summed E-state index contributed by atoms with van der Waals surface area (Å²) < 4.78 is 14.7. The molecule has 0 fully saturated rings. The number of allylic oxidation sites excluding steroid dienone is 1. The molecule has 3 rings (SSSR count). The summed E-state index contributed by atoms with van der Waals surface area (Å²) in [7, 11) is 0. The standard InChI is InChI=1S/C19H17FN4O2S/c1-2-11-24-18(15-5-3-4-6-16(15)25)22-23-19(24)27-12-17(26)21-14-9-7-13(20)8-10-14/h2-10,25H,1,11-12H2,(H,21,26). The largest absolute Gasteiger partial charge is 0.507 e. The van der Waals surface area contributed by atoms with E-state index in [1.54, 1.807) is 34.9 Å². The van der Waals surface area contributed by atoms with Crippen LogP contribution in [0.1, 0.15) is 0 Å². The van der Waals surface area contributed by atoms with Gasteiger partial charge in [-0.1, -0.05) is 30.0 Å². The highest BCUT2D eigenvalue weighted by molar-refractivity contribution is 7.99. The number of halogens is 1. The molecule has 0 spiro atoms. The number of hydrogen-bond donors (Lipinski definition) is 2. The van der Waals surface area contributed by atoms with Gasteiger partial charge in [-0.15, -0.1) is 16.8 Å². The molecular formula is C19H17FN4O2S. The molecule has 0 aliphatic rings. The summed E-state index contributed by atoms with van der Waals surface area (Å²) in [6.07, 6.45) is 1.69. The third-order valence-corrected chi connectivity index (χ3v) is 4.60. The van der Waals surface area contributed by atoms with E-state index in [1.165, 1.54) is 36.0 Å². The summed E-state index contributed by atoms with van der Waals surface area (Å²) in [4.78, 5) is 12.1. The lowest BCUT2D eigenvalue weighted by Crippen LogP contribution is -2.14. The van der Waals surface area contributed by atoms with Gasteiger partial charge < -0.3 is 10.4 Å². The molecular weight excluding hydrogens is 367 g/mol. The lowest BCUT2D eigenvalue weighted by Gasteiger charge is -2.09. The number of aromatic hydroxyl groups is 1. The molecule has 6 nitrogen and oxygen atoms in total. The topological polar surface area (TPSA) is 80.0 Å². The van der Waals surface area contributed by atoms with Crippen LogP contribution in [-0.2, 0) is 11.3 Å². The number of phenols is 1. The van der Waals surface area contributed by atoms with Crippen molar-refractivity contribution in [2.45, 2.75) is 11.7 Å². The van der Waals surface area contributed by atoms with E-state index in [9.17, 15) is 14.3 Å². The van der Waals surface area contributed by atoms with Gasteiger partial charge in [-0.05, 0) is 36.4 Å². The third kappa shape index (κ3) is 4.53. The highest BCUT2D eigenvalue weighted by atomic mass is 32.2. The molecule has 1 amide bonds. The van der Waals surface area contributed by atoms with E-state index in [4.69, 9.17) is 0 Å². The van der Waals surface area contributed by atoms with Gasteiger partial charge in [0, 0.05) is 12.2 Å². The Morgan fingerprint density at radius 1 is 1.22 bits per heavy atom. The number of anilines is 1. The number of para-hydroxylation sites is 1. The number of nitrogens with one attached hydrogen (secondary N) is 1. The zero-order valence-electron chi connectivity index (χ0n) is 14.3. The van der Waals surface area contributed by atoms with E-state index >= 15 is 0 Å². The van der Waals surface area contributed by atoms with Crippen molar-refractivity contribution < 1.29 is 14.3 Å². The maximum Gasteiger partial charge on any atom is 0.234 e. The Morgan fingerprint density at radius 3 is 2.67 bits per heavy atom. The summed E-state index contributed by atoms with van der Waals surface area (Å²) in [6.45, 7) is 4.16. The van der Waals surface area contributed by atoms with Crippen LogP contribution >= 0.6 is 11.8 Å². The van der Waals surface area contributed by atoms with Gasteiger partial charge in [0.25, 0.3) is 0 Å². The normalized spacial score (nSPS) is 10.6. The highest BCUT2D eigenvalue weighted by Crippen LogP contribution is 2.30. The smallest absolute Gasteiger partial charge is 0.234 e. The van der Waals surface area contributed by atoms with Gasteiger partial charge in [-0.25, -0.2) is 4.39 Å². The molecule has 2 N–H and O–H groups in total. The monoisotopic (exact) mass is 384 g/mol. The number of amides is 1. The molecule has 138 valence electrons. The van der Waals surface area contributed by atoms with E-state index in [1.807, 2.05) is 0 Å². The number of nitrogens with zero attached hydrogens (tertiary/aromatic N) is 3. The van der Waals surface area contributed by atoms with Crippen molar-refractivity contribution in [1.82, 2.24) is 14.8 Å². The minimum Gasteiger partial charge on any atom is -0.507 e. The molecule has 1 heterocycles. The number of aromatic nitrogens is 3. The lowest BCUT2D eigenvalue weighted by molar-refractivity contribution is -0.113. The molecule has 0 saturated carbocycles. The van der Waals surface area contributed by atoms with Gasteiger partial charge in [0.1, 0.15) is 11.6 Å². The number of carbonyl (C=O) groups excluding carboxylic acids is 1. The van der Waals surface area contributed by atoms with Crippen molar-refractivity contribution >= 4 is 23.4 Å². The summed E-state index contributed by atoms with van der Waals surface area (Å²) >= 11 is 1.21. The molecule has 0 bridgehead atoms. The first kappa shape index (κ1) is 18.7. The van der Waals surface area contributed by atoms with E-state index < -0.39 is 0 Å². The summed E-state index contributed by atoms with van der Waals surface area (Å²) in [6, 6.07) is 12.4. The number of hydrogen-bond acceptors (Lipinski definition) is 5. The van der Waals surface area contributed by atoms with Gasteiger partial charge in [-0.3, -0.25) is 9.36 Å². The maximum absolute atomic E-state index is 12.9. The molecule has 27 heavy (non-hydrogen) atoms. The Labute approximate surface area is 159 Å². The number of rotatable bonds is 7. The number of phenolic OH excluding ortho intramolecular Hbond substituents is 1. The second kappa shape index (κ2) is 8.50. The van der Waals surface area contributed by atoms with Gasteiger partial charge in [0.05, 0.1) is 11.3 Å². The minimum atomic E-state index is -0.364. The molecule has 0 aliphatic heterocycles. The van der Waals surface area contributed by atoms with E-state index in [0.29, 0.717) is 28.8 Å². The zero-order valence-corrected chi connectivity index (χ0v) is 15.1. The first-order chi connectivity index (χ1) is 13.1. The van der Waals surface area contributed by atoms with Gasteiger partial charge in [0.2, 0.25) is 5.91 Å². The van der Waals surface area contributed by atoms with Crippen LogP contribution in [0.15, 0.2) is 66.3 Å². The SMILES string of the molecule is C=CCn1c(SCC(=O)Nc2ccc(F)cc2)nnc1-c1ccccc1O. The second-order valence-corrected chi connectivity index (χ2v) is 6.51. The van der Waals surface area contributed by atoms with E-state index in [2.05, 4.69) is 22.1 Å². The first-order valence-electron chi connectivity index (χ1n) is 8.09. The molecule has 1 aromatic heterocycles. The Kier molecular flexibility index (Phi) is 5.87. The Hall–Kier alpha value is -3.13. The quantitative estimate of drug-likeness (QED) is 0.480. The van der Waals surface area contributed by atoms with Crippen molar-refractivity contribution in [3.63, 3.8) is 0 Å². The van der Waals surface area contributed by atoms with Gasteiger partial charge >= 0.3 is 0 Å². The predicted octanol–water partition coefficient (Wildman–Crippen LogP) is 3.71. The van der Waals surface area contributed by atoms with Crippen LogP contribution in [-0.4, -0.2) is 31.5 Å². The molecule has 0 radical (unpaired) electrons. The van der Waals surface area contributed by atoms with Crippen LogP contribution in [0, 0.1) is 5.82 Å². The average Bonchev–Trinajstić information content (AvgIpc) is 3.05. The molecule has 2 aromatic carbocycles. The summed E-state index contributed by atoms with van der Waals surface area (Å²) in [5.74, 6) is 0.0867. The molecule has 0 atom stereocenters. The molecule has 0 saturated heterocycles. The Bertz CT molecular complexity index is 957. The van der Waals surface area contributed by atoms with Crippen molar-refractivity contribution in [1.29, 1.82) is 0 Å². The molecule has 3 aromatic rings. The van der Waals surface area contributed by atoms with Crippen LogP contribution in [0.25, 0.3) is 11.4 Å². The van der Waals surface area contributed by atoms with E-state index in [0.717, 1.165) is 0 Å². The van der Waals surface area contributed by atoms with E-state index in [-0.39, 0.29) is 23.2 Å². The third-order valence-electron chi connectivity index (χ3n) is 3.63. The van der Waals surface area contributed by atoms with Crippen LogP contribution in [0.2, 0.25) is 0 Å². The molecule has 8 heteroatoms. The van der Waals surface area contributed by atoms with Crippen LogP contribution < -0.4 is 5.32 Å². The van der Waals surface area contributed by atoms with Crippen molar-refractivity contribution in [2.24, 2.45) is 0 Å². The zero-order chi connectivity index (χ0) is 19.2. The van der Waals surface area contributed by atoms with Gasteiger partial charge in [0.15, 0.2) is 11.0 Å². The van der Waals surface area contributed by atoms with Crippen LogP contribution in [0.3, 0.4) is 0 Å². The maximum atomic E-state index is 12.9. The number of thioether (sulfide) groups is 1. The van der Waals surface area contributed by atoms with Crippen molar-refractivity contribution in [3.05, 3.63) is 67.0 Å². The first-order valence-corrected chi connectivity index (χ1v) is 9.07. The Morgan fingerprint density at radius 2 is 1.96 bits per heavy atom. The van der Waals surface area contributed by atoms with Crippen LogP contribution in [0.4, 0.5) is 10.1 Å². The summed E-state index contributed by atoms with van der Waals surface area (Å²) in [5.41, 5.74) is 1.07. The van der Waals surface area contributed by atoms with Gasteiger partial charge in [-0.2, -0.15) is 0 Å². The predicted molar refractivity (Wildman–Crippen MR) is 103 cm³/mol. The fraction of sp³-hybridized carbons (Fsp3) is 0.105. The molecule has 0 unspecified atom stereocenters. The highest BCUT2D eigenvalue weighted by Gasteiger charge is 2.17. The fourth-order valence-electron chi connectivity index (χ4n) is 2.41. The van der Waals surface area contributed by atoms with Crippen LogP contribution in [0.5, 0.6) is 5.75 Å². The summed E-state index contributed by atoms with van der Waals surface area (Å²) in [5, 5.41) is 21.6. The lowest BCUT2D eigenvalue weighted by atomic mass is 10.2. The number of benzene rings is 2. The molecule has 0 aliphatic carbocycles. The average molecular weight is 384 g/mol. The number of carbonyl (C=O) groups is 1. The van der Waals surface area contributed by atoms with Crippen molar-refractivity contribution in [3.8, 4) is 17.1 Å². The Balaban J connectivity index is 1.73. The van der Waals surface area contributed by atoms with Crippen molar-refractivity contribution in [2.75, 3.05) is 11.1 Å². The minimum absolute atomic E-state index is 0.0980. The fourth-order valence-corrected chi connectivity index (χ4v) is 3.16.